The van der Waals surface area contributed by atoms with Gasteiger partial charge in [-0.2, -0.15) is 4.98 Å². The van der Waals surface area contributed by atoms with Gasteiger partial charge in [0.05, 0.1) is 51.5 Å². The Hall–Kier alpha value is -6.17. The Morgan fingerprint density at radius 3 is 2.14 bits per heavy atom. The van der Waals surface area contributed by atoms with Gasteiger partial charge in [-0.3, -0.25) is 51.8 Å². The molecule has 0 fully saturated rings. The SMILES string of the molecule is CCOP(=O)(OCC)OCC(COC(=O)c1ccccc1OC(=O)NC(=O)CC[C@@H](NC(=O)c1ccc(NCc2cnc3nc(N)[nH]c(=O)c3n2)cc1)C(=O)O)OP(=O)(OCC)OCC. The van der Waals surface area contributed by atoms with E-state index in [1.165, 1.54) is 56.4 Å². The number of aromatic amines is 1. The molecule has 0 bridgehead atoms. The van der Waals surface area contributed by atoms with Crippen LogP contribution in [0.15, 0.2) is 59.5 Å². The summed E-state index contributed by atoms with van der Waals surface area (Å²) in [5.74, 6) is -4.73. The molecule has 0 radical (unpaired) electrons. The van der Waals surface area contributed by atoms with E-state index in [2.05, 4.69) is 30.6 Å². The molecule has 4 aromatic rings. The van der Waals surface area contributed by atoms with Gasteiger partial charge in [0.15, 0.2) is 11.2 Å². The number of fused-ring (bicyclic) bond motifs is 1. The van der Waals surface area contributed by atoms with Gasteiger partial charge in [0, 0.05) is 17.7 Å². The first-order chi connectivity index (χ1) is 31.0. The van der Waals surface area contributed by atoms with E-state index >= 15 is 0 Å². The second kappa shape index (κ2) is 24.8. The maximum absolute atomic E-state index is 13.2. The maximum atomic E-state index is 13.2. The van der Waals surface area contributed by atoms with Crippen molar-refractivity contribution in [3.8, 4) is 5.75 Å². The predicted molar refractivity (Wildman–Crippen MR) is 228 cm³/mol. The number of carbonyl (C=O) groups is 5. The van der Waals surface area contributed by atoms with E-state index in [1.807, 2.05) is 5.32 Å². The third-order valence-corrected chi connectivity index (χ3v) is 11.5. The van der Waals surface area contributed by atoms with Crippen molar-refractivity contribution in [3.63, 3.8) is 0 Å². The summed E-state index contributed by atoms with van der Waals surface area (Å²) >= 11 is 0. The van der Waals surface area contributed by atoms with E-state index in [4.69, 9.17) is 42.3 Å². The number of phosphoric ester groups is 2. The number of imide groups is 1. The van der Waals surface area contributed by atoms with Gasteiger partial charge in [0.2, 0.25) is 11.9 Å². The summed E-state index contributed by atoms with van der Waals surface area (Å²) in [7, 11) is -8.35. The van der Waals surface area contributed by atoms with E-state index in [-0.39, 0.29) is 67.0 Å². The van der Waals surface area contributed by atoms with Crippen LogP contribution in [-0.4, -0.2) is 107 Å². The zero-order valence-corrected chi connectivity index (χ0v) is 37.3. The summed E-state index contributed by atoms with van der Waals surface area (Å²) in [6, 6.07) is 9.66. The van der Waals surface area contributed by atoms with Crippen LogP contribution in [0.2, 0.25) is 0 Å². The molecule has 2 atom stereocenters. The molecule has 65 heavy (non-hydrogen) atoms. The molecule has 3 amide bonds. The van der Waals surface area contributed by atoms with E-state index < -0.39 is 89.3 Å². The van der Waals surface area contributed by atoms with Crippen molar-refractivity contribution >= 4 is 68.3 Å². The van der Waals surface area contributed by atoms with Crippen LogP contribution >= 0.6 is 15.6 Å². The number of nitrogens with zero attached hydrogens (tertiary/aromatic N) is 3. The van der Waals surface area contributed by atoms with Crippen LogP contribution in [-0.2, 0) is 57.1 Å². The standard InChI is InChI=1S/C38H48N8O17P2/c1-5-57-64(54,58-6-2)61-22-26(63-65(55,59-7-3)60-8-4)21-56-36(52)27-11-9-10-12-29(27)62-38(53)44-30(47)18-17-28(35(50)51)43-33(48)23-13-15-24(16-14-23)40-19-25-20-41-32-31(42-25)34(49)46-37(39)45-32/h9-16,20,26,28,40H,5-8,17-19,21-22H2,1-4H3,(H,43,48)(H,50,51)(H,44,47,53)(H3,39,41,45,46,49)/t26?,28-/m1/s1. The monoisotopic (exact) mass is 950 g/mol. The Balaban J connectivity index is 1.30. The zero-order valence-electron chi connectivity index (χ0n) is 35.5. The summed E-state index contributed by atoms with van der Waals surface area (Å²) in [5.41, 5.74) is 5.82. The topological polar surface area (TPSA) is 347 Å². The van der Waals surface area contributed by atoms with Crippen LogP contribution in [0.1, 0.15) is 66.9 Å². The number of para-hydroxylation sites is 1. The van der Waals surface area contributed by atoms with Gasteiger partial charge in [-0.05, 0) is 70.5 Å². The van der Waals surface area contributed by atoms with Gasteiger partial charge in [0.25, 0.3) is 11.5 Å². The first-order valence-corrected chi connectivity index (χ1v) is 22.7. The Bertz CT molecular complexity index is 2440. The summed E-state index contributed by atoms with van der Waals surface area (Å²) in [6.07, 6.45) is -2.33. The quantitative estimate of drug-likeness (QED) is 0.0381. The van der Waals surface area contributed by atoms with Gasteiger partial charge < -0.3 is 30.9 Å². The molecule has 0 aliphatic carbocycles. The number of carbonyl (C=O) groups excluding carboxylic acids is 4. The molecule has 27 heteroatoms. The molecule has 2 aromatic carbocycles. The van der Waals surface area contributed by atoms with Crippen LogP contribution < -0.4 is 32.0 Å². The number of esters is 1. The van der Waals surface area contributed by atoms with Gasteiger partial charge in [-0.1, -0.05) is 12.1 Å². The number of benzene rings is 2. The number of amides is 3. The summed E-state index contributed by atoms with van der Waals surface area (Å²) in [6.45, 7) is 4.73. The number of phosphoric acid groups is 2. The molecule has 0 spiro atoms. The van der Waals surface area contributed by atoms with Crippen molar-refractivity contribution in [1.82, 2.24) is 30.6 Å². The fourth-order valence-electron chi connectivity index (χ4n) is 5.34. The first kappa shape index (κ1) is 51.5. The normalized spacial score (nSPS) is 12.5. The van der Waals surface area contributed by atoms with E-state index in [0.29, 0.717) is 11.4 Å². The Kier molecular flexibility index (Phi) is 19.6. The average molecular weight is 951 g/mol. The number of hydrogen-bond acceptors (Lipinski definition) is 21. The highest BCUT2D eigenvalue weighted by molar-refractivity contribution is 7.48. The van der Waals surface area contributed by atoms with E-state index in [0.717, 1.165) is 0 Å². The van der Waals surface area contributed by atoms with E-state index in [9.17, 15) is 43.0 Å². The van der Waals surface area contributed by atoms with Gasteiger partial charge in [-0.25, -0.2) is 33.5 Å². The molecule has 1 unspecified atom stereocenters. The highest BCUT2D eigenvalue weighted by Crippen LogP contribution is 2.52. The number of rotatable bonds is 26. The molecular formula is C38H48N8O17P2. The molecule has 0 aliphatic rings. The summed E-state index contributed by atoms with van der Waals surface area (Å²) < 4.78 is 67.9. The number of H-pyrrole nitrogens is 1. The zero-order chi connectivity index (χ0) is 47.6. The van der Waals surface area contributed by atoms with Crippen molar-refractivity contribution in [2.24, 2.45) is 0 Å². The third kappa shape index (κ3) is 16.1. The van der Waals surface area contributed by atoms with Crippen molar-refractivity contribution in [3.05, 3.63) is 81.9 Å². The molecule has 0 saturated carbocycles. The average Bonchev–Trinajstić information content (AvgIpc) is 3.25. The van der Waals surface area contributed by atoms with Crippen LogP contribution in [0.5, 0.6) is 5.75 Å². The number of anilines is 2. The lowest BCUT2D eigenvalue weighted by Gasteiger charge is -2.24. The number of ether oxygens (including phenoxy) is 2. The largest absolute Gasteiger partial charge is 0.480 e. The number of nitrogens with two attached hydrogens (primary N) is 1. The molecule has 2 aromatic heterocycles. The molecule has 7 N–H and O–H groups in total. The molecular weight excluding hydrogens is 902 g/mol. The number of aromatic nitrogens is 4. The predicted octanol–water partition coefficient (Wildman–Crippen LogP) is 4.11. The second-order valence-electron chi connectivity index (χ2n) is 12.9. The lowest BCUT2D eigenvalue weighted by molar-refractivity contribution is -0.139. The lowest BCUT2D eigenvalue weighted by atomic mass is 10.1. The Labute approximate surface area is 370 Å². The summed E-state index contributed by atoms with van der Waals surface area (Å²) in [4.78, 5) is 90.3. The van der Waals surface area contributed by atoms with Gasteiger partial charge in [-0.15, -0.1) is 0 Å². The minimum Gasteiger partial charge on any atom is -0.480 e. The van der Waals surface area contributed by atoms with Crippen LogP contribution in [0, 0.1) is 0 Å². The first-order valence-electron chi connectivity index (χ1n) is 19.8. The summed E-state index contributed by atoms with van der Waals surface area (Å²) in [5, 5.41) is 17.1. The Morgan fingerprint density at radius 1 is 0.846 bits per heavy atom. The molecule has 0 aliphatic heterocycles. The number of carboxylic acid groups (broad SMARTS) is 1. The Morgan fingerprint density at radius 2 is 1.49 bits per heavy atom. The van der Waals surface area contributed by atoms with Crippen molar-refractivity contribution in [2.45, 2.75) is 59.2 Å². The minimum absolute atomic E-state index is 0.00400. The van der Waals surface area contributed by atoms with Crippen LogP contribution in [0.3, 0.4) is 0 Å². The van der Waals surface area contributed by atoms with Crippen molar-refractivity contribution < 1.29 is 74.8 Å². The minimum atomic E-state index is -4.24. The number of carboxylic acids is 1. The van der Waals surface area contributed by atoms with Crippen molar-refractivity contribution in [1.29, 1.82) is 0 Å². The molecule has 4 rings (SSSR count). The number of hydrogen-bond donors (Lipinski definition) is 6. The highest BCUT2D eigenvalue weighted by atomic mass is 31.2. The van der Waals surface area contributed by atoms with Gasteiger partial charge >= 0.3 is 33.7 Å². The number of nitrogens with one attached hydrogen (secondary N) is 4. The fourth-order valence-corrected chi connectivity index (χ4v) is 7.86. The van der Waals surface area contributed by atoms with Crippen LogP contribution in [0.4, 0.5) is 16.4 Å². The third-order valence-electron chi connectivity index (χ3n) is 8.17. The second-order valence-corrected chi connectivity index (χ2v) is 16.2. The number of aliphatic carboxylic acids is 1. The fraction of sp³-hybridized carbons (Fsp3) is 0.395. The van der Waals surface area contributed by atoms with Gasteiger partial charge in [0.1, 0.15) is 30.1 Å². The van der Waals surface area contributed by atoms with Crippen LogP contribution in [0.25, 0.3) is 11.2 Å². The molecule has 25 nitrogen and oxygen atoms in total. The highest BCUT2D eigenvalue weighted by Gasteiger charge is 2.35. The molecule has 352 valence electrons. The molecule has 0 saturated heterocycles. The number of nitrogen functional groups attached to an aromatic ring is 1. The van der Waals surface area contributed by atoms with Crippen molar-refractivity contribution in [2.75, 3.05) is 50.7 Å². The van der Waals surface area contributed by atoms with E-state index in [1.54, 1.807) is 26.0 Å². The smallest absolute Gasteiger partial charge is 0.475 e. The molecule has 2 heterocycles. The maximum Gasteiger partial charge on any atom is 0.475 e. The lowest BCUT2D eigenvalue weighted by Crippen LogP contribution is -2.42.